The minimum atomic E-state index is -0.233. The molecule has 0 bridgehead atoms. The van der Waals surface area contributed by atoms with Gasteiger partial charge < -0.3 is 39.2 Å². The van der Waals surface area contributed by atoms with Gasteiger partial charge >= 0.3 is 21.7 Å². The molecule has 0 aliphatic heterocycles. The summed E-state index contributed by atoms with van der Waals surface area (Å²) in [7, 11) is 7.78. The molecule has 0 aromatic heterocycles. The van der Waals surface area contributed by atoms with Crippen molar-refractivity contribution in [3.8, 4) is 11.5 Å². The molecule has 46 heavy (non-hydrogen) atoms. The summed E-state index contributed by atoms with van der Waals surface area (Å²) in [5, 5.41) is 21.3. The molecule has 0 saturated heterocycles. The number of Topliss-reactive ketones (excluding diaryl/α,β-unsaturated/α-hetero) is 4. The summed E-state index contributed by atoms with van der Waals surface area (Å²) in [6.45, 7) is 2.72. The van der Waals surface area contributed by atoms with Gasteiger partial charge in [-0.05, 0) is 38.1 Å². The van der Waals surface area contributed by atoms with Crippen molar-refractivity contribution in [2.24, 2.45) is 0 Å². The average Bonchev–Trinajstić information content (AvgIpc) is 2.99. The molecular formula is C36H39ClN2O6Ti. The molecule has 0 N–H and O–H groups in total. The quantitative estimate of drug-likeness (QED) is 0.105. The predicted molar refractivity (Wildman–Crippen MR) is 179 cm³/mol. The van der Waals surface area contributed by atoms with Crippen LogP contribution < -0.4 is 20.0 Å². The second kappa shape index (κ2) is 23.8. The zero-order valence-corrected chi connectivity index (χ0v) is 29.2. The van der Waals surface area contributed by atoms with Crippen molar-refractivity contribution in [3.63, 3.8) is 0 Å². The number of rotatable bonds is 8. The fraction of sp³-hybridized carbons (Fsp3) is 0.167. The molecule has 0 atom stereocenters. The van der Waals surface area contributed by atoms with Crippen molar-refractivity contribution in [1.82, 2.24) is 0 Å². The largest absolute Gasteiger partial charge is 4.00 e. The Bertz CT molecular complexity index is 1330. The molecule has 4 aromatic rings. The fourth-order valence-corrected chi connectivity index (χ4v) is 3.23. The molecule has 0 aliphatic carbocycles. The number of nitrogens with zero attached hydrogens (tertiary/aromatic N) is 2. The topological polar surface area (TPSA) is 121 Å². The average molecular weight is 679 g/mol. The van der Waals surface area contributed by atoms with Crippen LogP contribution in [0.25, 0.3) is 0 Å². The summed E-state index contributed by atoms with van der Waals surface area (Å²) < 4.78 is 0. The number of hydrogen-bond acceptors (Lipinski definition) is 8. The molecule has 0 fully saturated rings. The Morgan fingerprint density at radius 1 is 0.500 bits per heavy atom. The first-order valence-corrected chi connectivity index (χ1v) is 13.6. The van der Waals surface area contributed by atoms with Gasteiger partial charge in [0.15, 0.2) is 0 Å². The molecule has 0 saturated carbocycles. The Kier molecular flexibility index (Phi) is 22.6. The van der Waals surface area contributed by atoms with Crippen LogP contribution in [0.4, 0.5) is 11.4 Å². The van der Waals surface area contributed by atoms with Crippen molar-refractivity contribution < 1.29 is 51.1 Å². The Morgan fingerprint density at radius 3 is 0.978 bits per heavy atom. The Balaban J connectivity index is 0. The van der Waals surface area contributed by atoms with Gasteiger partial charge in [-0.3, -0.25) is 0 Å². The standard InChI is InChI=1S/2C10H9O2.2C8H11NO.ClH.Ti/c2*1-8(11)7-10(12)9-5-3-2-4-6-9;2*1-9(2)7-3-5-8(10)6-4-7;;/h2*2-7H,1H3;2*3-6,10H,1-2H3;1H;/q2*-1;;;;+4/p-2. The summed E-state index contributed by atoms with van der Waals surface area (Å²) in [5.74, 6) is -0.782. The van der Waals surface area contributed by atoms with Crippen molar-refractivity contribution >= 4 is 46.9 Å². The number of anilines is 2. The van der Waals surface area contributed by atoms with E-state index in [9.17, 15) is 29.4 Å². The van der Waals surface area contributed by atoms with Gasteiger partial charge in [-0.1, -0.05) is 60.7 Å². The summed E-state index contributed by atoms with van der Waals surface area (Å²) in [6, 6.07) is 30.9. The Morgan fingerprint density at radius 2 is 0.761 bits per heavy atom. The maximum atomic E-state index is 11.2. The molecule has 0 heterocycles. The van der Waals surface area contributed by atoms with Gasteiger partial charge in [-0.2, -0.15) is 0 Å². The third-order valence-corrected chi connectivity index (χ3v) is 5.49. The van der Waals surface area contributed by atoms with Crippen LogP contribution >= 0.6 is 12.4 Å². The normalized spacial score (nSPS) is 8.83. The zero-order chi connectivity index (χ0) is 33.1. The first kappa shape index (κ1) is 43.6. The number of hydrogen-bond donors (Lipinski definition) is 0. The van der Waals surface area contributed by atoms with Crippen LogP contribution in [0.2, 0.25) is 0 Å². The van der Waals surface area contributed by atoms with Gasteiger partial charge in [0.05, 0.1) is 11.6 Å². The summed E-state index contributed by atoms with van der Waals surface area (Å²) in [6.07, 6.45) is 2.19. The van der Waals surface area contributed by atoms with Crippen molar-refractivity contribution in [1.29, 1.82) is 0 Å². The summed E-state index contributed by atoms with van der Waals surface area (Å²) in [5.41, 5.74) is 3.21. The maximum absolute atomic E-state index is 11.2. The van der Waals surface area contributed by atoms with Gasteiger partial charge in [0.2, 0.25) is 0 Å². The molecule has 0 aliphatic rings. The predicted octanol–water partition coefficient (Wildman–Crippen LogP) is 5.40. The van der Waals surface area contributed by atoms with E-state index in [1.165, 1.54) is 13.8 Å². The Labute approximate surface area is 293 Å². The van der Waals surface area contributed by atoms with Crippen molar-refractivity contribution in [2.45, 2.75) is 13.8 Å². The SMILES string of the molecule is CC(=O)[CH-]C(=O)c1ccccc1.CC(=O)[CH-]C(=O)c1ccccc1.CN(C)c1ccc([O-])cc1.CN(C)c1ccc([O-])cc1.Cl.[Ti+4]. The van der Waals surface area contributed by atoms with Gasteiger partial charge in [-0.25, -0.2) is 0 Å². The smallest absolute Gasteiger partial charge is 0.872 e. The maximum Gasteiger partial charge on any atom is 4.00 e. The van der Waals surface area contributed by atoms with E-state index in [2.05, 4.69) is 0 Å². The van der Waals surface area contributed by atoms with Gasteiger partial charge in [-0.15, -0.1) is 72.1 Å². The van der Waals surface area contributed by atoms with E-state index in [1.54, 1.807) is 72.8 Å². The monoisotopic (exact) mass is 678 g/mol. The minimum absolute atomic E-state index is 0. The molecule has 0 amide bonds. The number of benzene rings is 4. The van der Waals surface area contributed by atoms with Crippen LogP contribution in [0, 0.1) is 12.8 Å². The Hall–Kier alpha value is -4.50. The van der Waals surface area contributed by atoms with E-state index in [4.69, 9.17) is 0 Å². The number of carbonyl (C=O) groups is 4. The van der Waals surface area contributed by atoms with Crippen LogP contribution in [-0.2, 0) is 31.3 Å². The number of halogens is 1. The van der Waals surface area contributed by atoms with Gasteiger partial charge in [0.25, 0.3) is 0 Å². The summed E-state index contributed by atoms with van der Waals surface area (Å²) in [4.78, 5) is 47.4. The fourth-order valence-electron chi connectivity index (χ4n) is 3.23. The second-order valence-electron chi connectivity index (χ2n) is 9.75. The van der Waals surface area contributed by atoms with E-state index in [0.717, 1.165) is 24.2 Å². The molecule has 0 radical (unpaired) electrons. The van der Waals surface area contributed by atoms with E-state index in [1.807, 2.05) is 74.4 Å². The molecular weight excluding hydrogens is 640 g/mol. The van der Waals surface area contributed by atoms with Crippen LogP contribution in [-0.4, -0.2) is 51.3 Å². The molecule has 10 heteroatoms. The van der Waals surface area contributed by atoms with E-state index in [0.29, 0.717) is 11.1 Å². The summed E-state index contributed by atoms with van der Waals surface area (Å²) >= 11 is 0. The van der Waals surface area contributed by atoms with E-state index in [-0.39, 0.29) is 68.8 Å². The molecule has 240 valence electrons. The number of carbonyl (C=O) groups excluding carboxylic acids is 4. The van der Waals surface area contributed by atoms with Crippen molar-refractivity contribution in [2.75, 3.05) is 38.0 Å². The van der Waals surface area contributed by atoms with Gasteiger partial charge in [0, 0.05) is 51.1 Å². The zero-order valence-electron chi connectivity index (χ0n) is 26.8. The van der Waals surface area contributed by atoms with E-state index < -0.39 is 0 Å². The van der Waals surface area contributed by atoms with Crippen molar-refractivity contribution in [3.05, 3.63) is 133 Å². The van der Waals surface area contributed by atoms with Crippen LogP contribution in [0.1, 0.15) is 34.6 Å². The molecule has 0 spiro atoms. The molecule has 8 nitrogen and oxygen atoms in total. The first-order chi connectivity index (χ1) is 20.8. The van der Waals surface area contributed by atoms with Crippen LogP contribution in [0.5, 0.6) is 11.5 Å². The molecule has 0 unspecified atom stereocenters. The molecule has 4 aromatic carbocycles. The molecule has 4 rings (SSSR count). The first-order valence-electron chi connectivity index (χ1n) is 13.6. The van der Waals surface area contributed by atoms with Crippen LogP contribution in [0.3, 0.4) is 0 Å². The third kappa shape index (κ3) is 19.0. The third-order valence-electron chi connectivity index (χ3n) is 5.49. The van der Waals surface area contributed by atoms with Crippen LogP contribution in [0.15, 0.2) is 109 Å². The minimum Gasteiger partial charge on any atom is -0.872 e. The van der Waals surface area contributed by atoms with Gasteiger partial charge in [0.1, 0.15) is 0 Å². The second-order valence-corrected chi connectivity index (χ2v) is 9.75. The number of ketones is 4. The van der Waals surface area contributed by atoms with E-state index >= 15 is 0 Å².